The maximum atomic E-state index is 10.5. The fourth-order valence-electron chi connectivity index (χ4n) is 2.17. The van der Waals surface area contributed by atoms with Gasteiger partial charge >= 0.3 is 5.69 Å². The summed E-state index contributed by atoms with van der Waals surface area (Å²) in [5.41, 5.74) is 4.88. The highest BCUT2D eigenvalue weighted by atomic mass is 16.6. The molecule has 1 fully saturated rings. The van der Waals surface area contributed by atoms with E-state index in [0.717, 1.165) is 12.8 Å². The minimum atomic E-state index is -0.838. The molecule has 1 aliphatic carbocycles. The number of rotatable bonds is 3. The molecule has 7 heteroatoms. The van der Waals surface area contributed by atoms with E-state index >= 15 is 0 Å². The van der Waals surface area contributed by atoms with Crippen molar-refractivity contribution >= 4 is 5.69 Å². The summed E-state index contributed by atoms with van der Waals surface area (Å²) in [6, 6.07) is 0.155. The van der Waals surface area contributed by atoms with Gasteiger partial charge in [0, 0.05) is 6.04 Å². The zero-order valence-corrected chi connectivity index (χ0v) is 11.5. The maximum absolute atomic E-state index is 10.5. The SMILES string of the molecule is CC.NC1CCC(O)(Cn2cc([N+](=O)[O-])cn2)CC1. The Balaban J connectivity index is 0.000000861. The number of nitrogens with zero attached hydrogens (tertiary/aromatic N) is 3. The molecule has 2 rings (SSSR count). The van der Waals surface area contributed by atoms with Crippen LogP contribution in [0.2, 0.25) is 0 Å². The molecule has 0 saturated heterocycles. The van der Waals surface area contributed by atoms with Crippen LogP contribution in [-0.2, 0) is 6.54 Å². The standard InChI is InChI=1S/C10H16N4O3.C2H6/c11-8-1-3-10(15,4-2-8)7-13-6-9(5-12-13)14(16)17;1-2/h5-6,8,15H,1-4,7,11H2;1-2H3. The zero-order valence-electron chi connectivity index (χ0n) is 11.5. The molecular weight excluding hydrogens is 248 g/mol. The normalized spacial score (nSPS) is 26.4. The lowest BCUT2D eigenvalue weighted by molar-refractivity contribution is -0.385. The summed E-state index contributed by atoms with van der Waals surface area (Å²) in [6.07, 6.45) is 5.31. The maximum Gasteiger partial charge on any atom is 0.306 e. The van der Waals surface area contributed by atoms with Gasteiger partial charge < -0.3 is 10.8 Å². The Morgan fingerprint density at radius 1 is 1.58 bits per heavy atom. The highest BCUT2D eigenvalue weighted by Gasteiger charge is 2.33. The Hall–Kier alpha value is -1.47. The quantitative estimate of drug-likeness (QED) is 0.638. The first-order valence-corrected chi connectivity index (χ1v) is 6.63. The molecule has 1 aromatic heterocycles. The smallest absolute Gasteiger partial charge is 0.306 e. The second-order valence-electron chi connectivity index (χ2n) is 4.71. The first-order chi connectivity index (χ1) is 8.98. The van der Waals surface area contributed by atoms with Crippen LogP contribution < -0.4 is 5.73 Å². The third-order valence-corrected chi connectivity index (χ3v) is 3.25. The van der Waals surface area contributed by atoms with Crippen LogP contribution in [0.25, 0.3) is 0 Å². The number of hydrogen-bond donors (Lipinski definition) is 2. The largest absolute Gasteiger partial charge is 0.388 e. The molecule has 1 aromatic rings. The monoisotopic (exact) mass is 270 g/mol. The highest BCUT2D eigenvalue weighted by molar-refractivity contribution is 5.20. The average Bonchev–Trinajstić information content (AvgIpc) is 2.84. The first-order valence-electron chi connectivity index (χ1n) is 6.63. The number of aliphatic hydroxyl groups is 1. The van der Waals surface area contributed by atoms with Crippen LogP contribution in [0.5, 0.6) is 0 Å². The minimum absolute atomic E-state index is 0.0545. The van der Waals surface area contributed by atoms with Crippen molar-refractivity contribution < 1.29 is 10.0 Å². The molecule has 0 spiro atoms. The molecule has 108 valence electrons. The van der Waals surface area contributed by atoms with Crippen molar-refractivity contribution in [2.24, 2.45) is 5.73 Å². The van der Waals surface area contributed by atoms with Gasteiger partial charge in [0.05, 0.1) is 17.1 Å². The molecule has 0 aliphatic heterocycles. The fraction of sp³-hybridized carbons (Fsp3) is 0.750. The highest BCUT2D eigenvalue weighted by Crippen LogP contribution is 2.29. The van der Waals surface area contributed by atoms with Crippen LogP contribution >= 0.6 is 0 Å². The van der Waals surface area contributed by atoms with Gasteiger partial charge in [0.25, 0.3) is 0 Å². The summed E-state index contributed by atoms with van der Waals surface area (Å²) in [6.45, 7) is 4.29. The van der Waals surface area contributed by atoms with Crippen molar-refractivity contribution in [3.8, 4) is 0 Å². The van der Waals surface area contributed by atoms with Gasteiger partial charge in [-0.3, -0.25) is 14.8 Å². The van der Waals surface area contributed by atoms with Crippen molar-refractivity contribution in [1.29, 1.82) is 0 Å². The van der Waals surface area contributed by atoms with Gasteiger partial charge in [-0.15, -0.1) is 0 Å². The predicted octanol–water partition coefficient (Wildman–Crippen LogP) is 1.45. The molecule has 0 amide bonds. The number of hydrogen-bond acceptors (Lipinski definition) is 5. The summed E-state index contributed by atoms with van der Waals surface area (Å²) in [7, 11) is 0. The summed E-state index contributed by atoms with van der Waals surface area (Å²) < 4.78 is 1.43. The Kier molecular flexibility index (Phi) is 5.44. The molecule has 0 atom stereocenters. The van der Waals surface area contributed by atoms with Crippen LogP contribution in [0.3, 0.4) is 0 Å². The van der Waals surface area contributed by atoms with Crippen LogP contribution in [0.4, 0.5) is 5.69 Å². The summed E-state index contributed by atoms with van der Waals surface area (Å²) in [4.78, 5) is 10.0. The van der Waals surface area contributed by atoms with Crippen molar-refractivity contribution in [2.45, 2.75) is 57.7 Å². The topological polar surface area (TPSA) is 107 Å². The summed E-state index contributed by atoms with van der Waals surface area (Å²) in [5.74, 6) is 0. The number of nitrogens with two attached hydrogens (primary N) is 1. The van der Waals surface area contributed by atoms with Crippen LogP contribution in [-0.4, -0.2) is 31.5 Å². The Bertz CT molecular complexity index is 411. The zero-order chi connectivity index (χ0) is 14.5. The van der Waals surface area contributed by atoms with Gasteiger partial charge in [0.2, 0.25) is 0 Å². The molecule has 1 aliphatic rings. The predicted molar refractivity (Wildman–Crippen MR) is 71.6 cm³/mol. The fourth-order valence-corrected chi connectivity index (χ4v) is 2.17. The molecule has 0 unspecified atom stereocenters. The van der Waals surface area contributed by atoms with Crippen molar-refractivity contribution in [3.63, 3.8) is 0 Å². The van der Waals surface area contributed by atoms with Crippen molar-refractivity contribution in [1.82, 2.24) is 9.78 Å². The molecule has 0 radical (unpaired) electrons. The molecule has 3 N–H and O–H groups in total. The van der Waals surface area contributed by atoms with E-state index < -0.39 is 10.5 Å². The average molecular weight is 270 g/mol. The number of aromatic nitrogens is 2. The molecule has 1 heterocycles. The van der Waals surface area contributed by atoms with Crippen LogP contribution in [0.1, 0.15) is 39.5 Å². The van der Waals surface area contributed by atoms with E-state index in [-0.39, 0.29) is 18.3 Å². The molecular formula is C12H22N4O3. The second-order valence-corrected chi connectivity index (χ2v) is 4.71. The van der Waals surface area contributed by atoms with Crippen LogP contribution in [0, 0.1) is 10.1 Å². The molecule has 1 saturated carbocycles. The Morgan fingerprint density at radius 2 is 2.16 bits per heavy atom. The molecule has 0 aromatic carbocycles. The Morgan fingerprint density at radius 3 is 2.63 bits per heavy atom. The molecule has 0 bridgehead atoms. The lowest BCUT2D eigenvalue weighted by Gasteiger charge is -2.34. The number of nitro groups is 1. The van der Waals surface area contributed by atoms with E-state index in [9.17, 15) is 15.2 Å². The third kappa shape index (κ3) is 4.29. The van der Waals surface area contributed by atoms with Gasteiger partial charge in [-0.05, 0) is 25.7 Å². The van der Waals surface area contributed by atoms with Crippen molar-refractivity contribution in [2.75, 3.05) is 0 Å². The van der Waals surface area contributed by atoms with Gasteiger partial charge in [-0.25, -0.2) is 0 Å². The van der Waals surface area contributed by atoms with E-state index in [1.165, 1.54) is 17.1 Å². The van der Waals surface area contributed by atoms with E-state index in [1.807, 2.05) is 13.8 Å². The van der Waals surface area contributed by atoms with E-state index in [4.69, 9.17) is 5.73 Å². The van der Waals surface area contributed by atoms with E-state index in [2.05, 4.69) is 5.10 Å². The minimum Gasteiger partial charge on any atom is -0.388 e. The Labute approximate surface area is 112 Å². The van der Waals surface area contributed by atoms with Crippen LogP contribution in [0.15, 0.2) is 12.4 Å². The molecule has 19 heavy (non-hydrogen) atoms. The van der Waals surface area contributed by atoms with E-state index in [0.29, 0.717) is 12.8 Å². The lowest BCUT2D eigenvalue weighted by atomic mass is 9.82. The van der Waals surface area contributed by atoms with Gasteiger partial charge in [-0.1, -0.05) is 13.8 Å². The first kappa shape index (κ1) is 15.6. The lowest BCUT2D eigenvalue weighted by Crippen LogP contribution is -2.42. The van der Waals surface area contributed by atoms with Gasteiger partial charge in [-0.2, -0.15) is 5.10 Å². The van der Waals surface area contributed by atoms with Crippen molar-refractivity contribution in [3.05, 3.63) is 22.5 Å². The van der Waals surface area contributed by atoms with E-state index in [1.54, 1.807) is 0 Å². The third-order valence-electron chi connectivity index (χ3n) is 3.25. The van der Waals surface area contributed by atoms with Gasteiger partial charge in [0.15, 0.2) is 0 Å². The molecule has 7 nitrogen and oxygen atoms in total. The second kappa shape index (κ2) is 6.63. The summed E-state index contributed by atoms with van der Waals surface area (Å²) >= 11 is 0. The van der Waals surface area contributed by atoms with Gasteiger partial charge in [0.1, 0.15) is 12.4 Å². The summed E-state index contributed by atoms with van der Waals surface area (Å²) in [5, 5.41) is 24.7.